The molecule has 7 nitrogen and oxygen atoms in total. The highest BCUT2D eigenvalue weighted by Gasteiger charge is 2.34. The molecule has 3 aromatic rings. The summed E-state index contributed by atoms with van der Waals surface area (Å²) in [7, 11) is 7.35. The summed E-state index contributed by atoms with van der Waals surface area (Å²) in [4.78, 5) is 43.3. The number of nitrogens with zero attached hydrogens (tertiary/aromatic N) is 2. The number of hydrogen-bond donors (Lipinski definition) is 2. The Labute approximate surface area is 240 Å². The largest absolute Gasteiger partial charge is 0.357 e. The standard InChI is InChI=1S/C32H41N4O3P/c1-32(2,34-40)19-11-16-29(37)35(4)28(22-24-17-18-25-14-9-10-15-26(25)20-24)31(39)36(5)27(30(38)33-3)21-23-12-7-6-8-13-23/h6-18,20,27-28,34H,19,21-22,40H2,1-5H3,(H,33,38)/b16-11+/t27-,28-/m1/s1. The molecule has 0 aliphatic heterocycles. The van der Waals surface area contributed by atoms with Crippen LogP contribution in [0, 0.1) is 0 Å². The average Bonchev–Trinajstić information content (AvgIpc) is 2.97. The van der Waals surface area contributed by atoms with Crippen molar-refractivity contribution in [2.75, 3.05) is 21.1 Å². The smallest absolute Gasteiger partial charge is 0.246 e. The number of benzene rings is 3. The second-order valence-corrected chi connectivity index (χ2v) is 11.0. The summed E-state index contributed by atoms with van der Waals surface area (Å²) < 4.78 is 0. The van der Waals surface area contributed by atoms with Gasteiger partial charge in [-0.05, 0) is 48.2 Å². The van der Waals surface area contributed by atoms with E-state index in [1.807, 2.05) is 86.7 Å². The van der Waals surface area contributed by atoms with Crippen molar-refractivity contribution in [3.05, 3.63) is 96.1 Å². The fourth-order valence-corrected chi connectivity index (χ4v) is 4.68. The second-order valence-electron chi connectivity index (χ2n) is 10.8. The summed E-state index contributed by atoms with van der Waals surface area (Å²) in [5, 5.41) is 8.00. The molecular weight excluding hydrogens is 519 g/mol. The number of amides is 3. The maximum atomic E-state index is 14.1. The Hall–Kier alpha value is -3.54. The van der Waals surface area contributed by atoms with Crippen molar-refractivity contribution in [3.63, 3.8) is 0 Å². The monoisotopic (exact) mass is 560 g/mol. The van der Waals surface area contributed by atoms with E-state index in [0.29, 0.717) is 19.3 Å². The Balaban J connectivity index is 1.92. The first-order valence-electron chi connectivity index (χ1n) is 13.5. The van der Waals surface area contributed by atoms with E-state index in [9.17, 15) is 14.4 Å². The fraction of sp³-hybridized carbons (Fsp3) is 0.344. The van der Waals surface area contributed by atoms with E-state index in [1.54, 1.807) is 21.1 Å². The van der Waals surface area contributed by atoms with Gasteiger partial charge in [0.05, 0.1) is 0 Å². The second kappa shape index (κ2) is 14.2. The van der Waals surface area contributed by atoms with Gasteiger partial charge in [0.15, 0.2) is 0 Å². The molecule has 3 amide bonds. The molecule has 1 unspecified atom stereocenters. The number of hydrogen-bond acceptors (Lipinski definition) is 4. The van der Waals surface area contributed by atoms with Gasteiger partial charge in [0.2, 0.25) is 17.7 Å². The van der Waals surface area contributed by atoms with Crippen LogP contribution in [-0.4, -0.2) is 66.3 Å². The Morgan fingerprint density at radius 1 is 0.850 bits per heavy atom. The molecule has 0 aliphatic carbocycles. The van der Waals surface area contributed by atoms with Gasteiger partial charge in [-0.2, -0.15) is 0 Å². The van der Waals surface area contributed by atoms with E-state index < -0.39 is 12.1 Å². The first-order chi connectivity index (χ1) is 19.1. The van der Waals surface area contributed by atoms with Crippen LogP contribution in [-0.2, 0) is 27.2 Å². The van der Waals surface area contributed by atoms with Gasteiger partial charge in [-0.25, -0.2) is 0 Å². The summed E-state index contributed by atoms with van der Waals surface area (Å²) in [6.45, 7) is 4.07. The minimum Gasteiger partial charge on any atom is -0.357 e. The topological polar surface area (TPSA) is 81.8 Å². The molecule has 2 N–H and O–H groups in total. The van der Waals surface area contributed by atoms with Crippen LogP contribution in [0.15, 0.2) is 84.9 Å². The van der Waals surface area contributed by atoms with Crippen molar-refractivity contribution < 1.29 is 14.4 Å². The number of carbonyl (C=O) groups is 3. The van der Waals surface area contributed by atoms with Crippen molar-refractivity contribution in [2.24, 2.45) is 0 Å². The Morgan fingerprint density at radius 3 is 2.12 bits per heavy atom. The average molecular weight is 561 g/mol. The SMILES string of the molecule is CNC(=O)[C@@H](Cc1ccccc1)N(C)C(=O)[C@@H](Cc1ccc2ccccc2c1)N(C)C(=O)/C=C/CC(C)(C)NP. The summed E-state index contributed by atoms with van der Waals surface area (Å²) in [6, 6.07) is 22.2. The minimum absolute atomic E-state index is 0.196. The Kier molecular flexibility index (Phi) is 11.0. The maximum Gasteiger partial charge on any atom is 0.246 e. The molecule has 3 rings (SSSR count). The molecule has 3 aromatic carbocycles. The van der Waals surface area contributed by atoms with Gasteiger partial charge in [0, 0.05) is 39.5 Å². The van der Waals surface area contributed by atoms with E-state index >= 15 is 0 Å². The van der Waals surface area contributed by atoms with Crippen LogP contribution in [0.3, 0.4) is 0 Å². The van der Waals surface area contributed by atoms with Crippen LogP contribution in [0.25, 0.3) is 10.8 Å². The van der Waals surface area contributed by atoms with Crippen molar-refractivity contribution in [1.29, 1.82) is 0 Å². The van der Waals surface area contributed by atoms with Gasteiger partial charge < -0.3 is 15.1 Å². The van der Waals surface area contributed by atoms with Crippen LogP contribution in [0.5, 0.6) is 0 Å². The Bertz CT molecular complexity index is 1340. The van der Waals surface area contributed by atoms with Crippen molar-refractivity contribution >= 4 is 37.9 Å². The lowest BCUT2D eigenvalue weighted by molar-refractivity contribution is -0.146. The normalized spacial score (nSPS) is 13.2. The highest BCUT2D eigenvalue weighted by atomic mass is 31.0. The molecule has 0 spiro atoms. The van der Waals surface area contributed by atoms with Gasteiger partial charge >= 0.3 is 0 Å². The molecule has 0 aromatic heterocycles. The molecule has 0 fully saturated rings. The molecule has 0 saturated heterocycles. The first-order valence-corrected chi connectivity index (χ1v) is 14.0. The van der Waals surface area contributed by atoms with E-state index in [2.05, 4.69) is 25.9 Å². The lowest BCUT2D eigenvalue weighted by Crippen LogP contribution is -2.55. The third kappa shape index (κ3) is 8.23. The molecular formula is C32H41N4O3P. The lowest BCUT2D eigenvalue weighted by Gasteiger charge is -2.34. The molecule has 3 atom stereocenters. The predicted octanol–water partition coefficient (Wildman–Crippen LogP) is 4.13. The van der Waals surface area contributed by atoms with Gasteiger partial charge in [-0.3, -0.25) is 19.5 Å². The number of nitrogens with one attached hydrogen (secondary N) is 2. The molecule has 0 saturated carbocycles. The van der Waals surface area contributed by atoms with Crippen LogP contribution in [0.1, 0.15) is 31.4 Å². The molecule has 0 aliphatic rings. The zero-order chi connectivity index (χ0) is 29.3. The van der Waals surface area contributed by atoms with E-state index in [4.69, 9.17) is 0 Å². The van der Waals surface area contributed by atoms with Gasteiger partial charge in [0.25, 0.3) is 0 Å². The first kappa shape index (κ1) is 31.0. The maximum absolute atomic E-state index is 14.1. The molecule has 212 valence electrons. The van der Waals surface area contributed by atoms with E-state index in [-0.39, 0.29) is 23.3 Å². The zero-order valence-electron chi connectivity index (χ0n) is 24.1. The van der Waals surface area contributed by atoms with Crippen LogP contribution in [0.4, 0.5) is 0 Å². The molecule has 0 bridgehead atoms. The molecule has 40 heavy (non-hydrogen) atoms. The van der Waals surface area contributed by atoms with E-state index in [0.717, 1.165) is 21.9 Å². The Morgan fingerprint density at radius 2 is 1.48 bits per heavy atom. The van der Waals surface area contributed by atoms with Gasteiger partial charge in [-0.1, -0.05) is 88.3 Å². The van der Waals surface area contributed by atoms with E-state index in [1.165, 1.54) is 15.9 Å². The van der Waals surface area contributed by atoms with Gasteiger partial charge in [0.1, 0.15) is 12.1 Å². The van der Waals surface area contributed by atoms with Crippen molar-refractivity contribution in [2.45, 2.75) is 50.7 Å². The summed E-state index contributed by atoms with van der Waals surface area (Å²) in [5.74, 6) is -0.828. The zero-order valence-corrected chi connectivity index (χ0v) is 25.2. The quantitative estimate of drug-likeness (QED) is 0.258. The number of carbonyl (C=O) groups excluding carboxylic acids is 3. The highest BCUT2D eigenvalue weighted by molar-refractivity contribution is 7.13. The number of fused-ring (bicyclic) bond motifs is 1. The van der Waals surface area contributed by atoms with Crippen LogP contribution in [0.2, 0.25) is 0 Å². The summed E-state index contributed by atoms with van der Waals surface area (Å²) >= 11 is 0. The van der Waals surface area contributed by atoms with Gasteiger partial charge in [-0.15, -0.1) is 0 Å². The van der Waals surface area contributed by atoms with Crippen LogP contribution < -0.4 is 10.4 Å². The predicted molar refractivity (Wildman–Crippen MR) is 166 cm³/mol. The minimum atomic E-state index is -0.806. The highest BCUT2D eigenvalue weighted by Crippen LogP contribution is 2.20. The molecule has 8 heteroatoms. The third-order valence-electron chi connectivity index (χ3n) is 7.26. The number of rotatable bonds is 12. The van der Waals surface area contributed by atoms with Crippen LogP contribution >= 0.6 is 9.39 Å². The summed E-state index contributed by atoms with van der Waals surface area (Å²) in [5.41, 5.74) is 1.68. The lowest BCUT2D eigenvalue weighted by atomic mass is 9.98. The van der Waals surface area contributed by atoms with Crippen molar-refractivity contribution in [3.8, 4) is 0 Å². The number of likely N-dealkylation sites (N-methyl/N-ethyl adjacent to an activating group) is 3. The molecule has 0 radical (unpaired) electrons. The summed E-state index contributed by atoms with van der Waals surface area (Å²) in [6.07, 6.45) is 4.65. The fourth-order valence-electron chi connectivity index (χ4n) is 4.56. The van der Waals surface area contributed by atoms with Crippen molar-refractivity contribution in [1.82, 2.24) is 20.2 Å². The molecule has 0 heterocycles. The third-order valence-corrected chi connectivity index (χ3v) is 8.04.